The zero-order valence-corrected chi connectivity index (χ0v) is 11.3. The van der Waals surface area contributed by atoms with Crippen molar-refractivity contribution in [2.75, 3.05) is 20.1 Å². The highest BCUT2D eigenvalue weighted by molar-refractivity contribution is 6.31. The van der Waals surface area contributed by atoms with E-state index in [-0.39, 0.29) is 5.78 Å². The van der Waals surface area contributed by atoms with Gasteiger partial charge >= 0.3 is 0 Å². The number of unbranched alkanes of at least 4 members (excludes halogenated alkanes) is 2. The molecule has 0 aliphatic rings. The van der Waals surface area contributed by atoms with Gasteiger partial charge in [0.25, 0.3) is 0 Å². The summed E-state index contributed by atoms with van der Waals surface area (Å²) in [4.78, 5) is 14.0. The molecule has 0 amide bonds. The Bertz CT molecular complexity index is 365. The average molecular weight is 254 g/mol. The van der Waals surface area contributed by atoms with Gasteiger partial charge in [-0.2, -0.15) is 0 Å². The summed E-state index contributed by atoms with van der Waals surface area (Å²) in [5.74, 6) is 0.131. The predicted octanol–water partition coefficient (Wildman–Crippen LogP) is 3.64. The third-order valence-electron chi connectivity index (χ3n) is 2.70. The summed E-state index contributed by atoms with van der Waals surface area (Å²) in [7, 11) is 1.98. The summed E-state index contributed by atoms with van der Waals surface area (Å²) in [6.45, 7) is 3.61. The fourth-order valence-corrected chi connectivity index (χ4v) is 1.90. The van der Waals surface area contributed by atoms with E-state index in [9.17, 15) is 4.79 Å². The first kappa shape index (κ1) is 14.2. The molecule has 3 heteroatoms. The molecule has 0 unspecified atom stereocenters. The zero-order chi connectivity index (χ0) is 12.7. The highest BCUT2D eigenvalue weighted by Crippen LogP contribution is 2.11. The van der Waals surface area contributed by atoms with Gasteiger partial charge < -0.3 is 0 Å². The Balaban J connectivity index is 2.43. The van der Waals surface area contributed by atoms with Crippen LogP contribution in [0.5, 0.6) is 0 Å². The molecule has 0 aliphatic carbocycles. The van der Waals surface area contributed by atoms with E-state index in [0.29, 0.717) is 17.1 Å². The van der Waals surface area contributed by atoms with Crippen molar-refractivity contribution in [1.29, 1.82) is 0 Å². The first-order valence-electron chi connectivity index (χ1n) is 6.10. The van der Waals surface area contributed by atoms with Crippen LogP contribution in [-0.4, -0.2) is 30.8 Å². The van der Waals surface area contributed by atoms with Gasteiger partial charge in [-0.25, -0.2) is 0 Å². The molecule has 0 radical (unpaired) electrons. The number of nitrogens with zero attached hydrogens (tertiary/aromatic N) is 1. The van der Waals surface area contributed by atoms with E-state index < -0.39 is 0 Å². The topological polar surface area (TPSA) is 20.3 Å². The van der Waals surface area contributed by atoms with Crippen molar-refractivity contribution >= 4 is 17.4 Å². The van der Waals surface area contributed by atoms with Gasteiger partial charge in [-0.3, -0.25) is 9.69 Å². The minimum Gasteiger partial charge on any atom is -0.299 e. The van der Waals surface area contributed by atoms with Gasteiger partial charge in [0.15, 0.2) is 5.78 Å². The molecule has 1 rings (SSSR count). The van der Waals surface area contributed by atoms with Gasteiger partial charge in [0.05, 0.1) is 6.54 Å². The van der Waals surface area contributed by atoms with E-state index in [0.717, 1.165) is 13.0 Å². The summed E-state index contributed by atoms with van der Waals surface area (Å²) < 4.78 is 0. The lowest BCUT2D eigenvalue weighted by Gasteiger charge is -2.15. The van der Waals surface area contributed by atoms with E-state index in [1.165, 1.54) is 12.8 Å². The van der Waals surface area contributed by atoms with Gasteiger partial charge in [-0.05, 0) is 32.1 Å². The molecule has 0 saturated heterocycles. The van der Waals surface area contributed by atoms with Gasteiger partial charge in [0.1, 0.15) is 0 Å². The molecule has 0 aromatic heterocycles. The molecular formula is C14H20ClNO. The summed E-state index contributed by atoms with van der Waals surface area (Å²) in [6.07, 6.45) is 3.57. The highest BCUT2D eigenvalue weighted by atomic mass is 35.5. The first-order chi connectivity index (χ1) is 8.13. The maximum Gasteiger partial charge on any atom is 0.176 e. The third kappa shape index (κ3) is 5.33. The molecule has 0 fully saturated rings. The van der Waals surface area contributed by atoms with Crippen LogP contribution in [0.3, 0.4) is 0 Å². The zero-order valence-electron chi connectivity index (χ0n) is 10.6. The molecule has 0 aliphatic heterocycles. The molecule has 0 atom stereocenters. The number of benzene rings is 1. The predicted molar refractivity (Wildman–Crippen MR) is 72.8 cm³/mol. The summed E-state index contributed by atoms with van der Waals surface area (Å²) in [6, 6.07) is 7.13. The molecule has 0 bridgehead atoms. The van der Waals surface area contributed by atoms with Crippen LogP contribution in [-0.2, 0) is 0 Å². The van der Waals surface area contributed by atoms with Crippen molar-refractivity contribution in [2.24, 2.45) is 0 Å². The monoisotopic (exact) mass is 253 g/mol. The van der Waals surface area contributed by atoms with E-state index in [1.54, 1.807) is 12.1 Å². The van der Waals surface area contributed by atoms with E-state index in [1.807, 2.05) is 19.2 Å². The quantitative estimate of drug-likeness (QED) is 0.546. The second kappa shape index (κ2) is 7.46. The lowest BCUT2D eigenvalue weighted by molar-refractivity contribution is 0.0945. The number of carbonyl (C=O) groups is 1. The minimum atomic E-state index is 0.131. The SMILES string of the molecule is CCCCCN(C)CC(=O)c1cccc(Cl)c1. The number of carbonyl (C=O) groups excluding carboxylic acids is 1. The van der Waals surface area contributed by atoms with Crippen molar-refractivity contribution in [2.45, 2.75) is 26.2 Å². The van der Waals surface area contributed by atoms with Crippen molar-refractivity contribution in [3.05, 3.63) is 34.9 Å². The molecule has 0 spiro atoms. The van der Waals surface area contributed by atoms with Crippen LogP contribution >= 0.6 is 11.6 Å². The smallest absolute Gasteiger partial charge is 0.176 e. The molecule has 0 N–H and O–H groups in total. The van der Waals surface area contributed by atoms with Gasteiger partial charge in [0, 0.05) is 10.6 Å². The van der Waals surface area contributed by atoms with Gasteiger partial charge in [-0.1, -0.05) is 43.5 Å². The summed E-state index contributed by atoms with van der Waals surface area (Å²) in [5, 5.41) is 0.615. The first-order valence-corrected chi connectivity index (χ1v) is 6.48. The fraction of sp³-hybridized carbons (Fsp3) is 0.500. The normalized spacial score (nSPS) is 10.8. The number of ketones is 1. The van der Waals surface area contributed by atoms with Crippen LogP contribution in [0.1, 0.15) is 36.5 Å². The van der Waals surface area contributed by atoms with Crippen molar-refractivity contribution in [1.82, 2.24) is 4.90 Å². The second-order valence-corrected chi connectivity index (χ2v) is 4.81. The van der Waals surface area contributed by atoms with Crippen molar-refractivity contribution in [3.63, 3.8) is 0 Å². The Morgan fingerprint density at radius 3 is 2.76 bits per heavy atom. The van der Waals surface area contributed by atoms with Crippen LogP contribution < -0.4 is 0 Å². The van der Waals surface area contributed by atoms with Crippen LogP contribution in [0.2, 0.25) is 5.02 Å². The van der Waals surface area contributed by atoms with Crippen molar-refractivity contribution in [3.8, 4) is 0 Å². The van der Waals surface area contributed by atoms with Gasteiger partial charge in [-0.15, -0.1) is 0 Å². The Morgan fingerprint density at radius 1 is 1.35 bits per heavy atom. The number of likely N-dealkylation sites (N-methyl/N-ethyl adjacent to an activating group) is 1. The lowest BCUT2D eigenvalue weighted by Crippen LogP contribution is -2.27. The Morgan fingerprint density at radius 2 is 2.12 bits per heavy atom. The molecule has 17 heavy (non-hydrogen) atoms. The maximum absolute atomic E-state index is 11.9. The summed E-state index contributed by atoms with van der Waals surface area (Å²) in [5.41, 5.74) is 0.694. The molecule has 1 aromatic rings. The number of Topliss-reactive ketones (excluding diaryl/α,β-unsaturated/α-hetero) is 1. The summed E-state index contributed by atoms with van der Waals surface area (Å²) >= 11 is 5.86. The third-order valence-corrected chi connectivity index (χ3v) is 2.94. The fourth-order valence-electron chi connectivity index (χ4n) is 1.71. The minimum absolute atomic E-state index is 0.131. The molecule has 0 heterocycles. The molecular weight excluding hydrogens is 234 g/mol. The van der Waals surface area contributed by atoms with E-state index >= 15 is 0 Å². The molecule has 94 valence electrons. The average Bonchev–Trinajstić information content (AvgIpc) is 2.29. The van der Waals surface area contributed by atoms with Crippen LogP contribution in [0.15, 0.2) is 24.3 Å². The molecule has 2 nitrogen and oxygen atoms in total. The Kier molecular flexibility index (Phi) is 6.23. The van der Waals surface area contributed by atoms with Crippen LogP contribution in [0.25, 0.3) is 0 Å². The van der Waals surface area contributed by atoms with E-state index in [4.69, 9.17) is 11.6 Å². The lowest BCUT2D eigenvalue weighted by atomic mass is 10.1. The Hall–Kier alpha value is -0.860. The molecule has 0 saturated carbocycles. The number of hydrogen-bond donors (Lipinski definition) is 0. The number of rotatable bonds is 7. The largest absolute Gasteiger partial charge is 0.299 e. The van der Waals surface area contributed by atoms with Crippen LogP contribution in [0.4, 0.5) is 0 Å². The van der Waals surface area contributed by atoms with Gasteiger partial charge in [0.2, 0.25) is 0 Å². The van der Waals surface area contributed by atoms with E-state index in [2.05, 4.69) is 11.8 Å². The van der Waals surface area contributed by atoms with Crippen molar-refractivity contribution < 1.29 is 4.79 Å². The number of hydrogen-bond acceptors (Lipinski definition) is 2. The second-order valence-electron chi connectivity index (χ2n) is 4.38. The Labute approximate surface area is 109 Å². The maximum atomic E-state index is 11.9. The highest BCUT2D eigenvalue weighted by Gasteiger charge is 2.09. The standard InChI is InChI=1S/C14H20ClNO/c1-3-4-5-9-16(2)11-14(17)12-7-6-8-13(15)10-12/h6-8,10H,3-5,9,11H2,1-2H3. The van der Waals surface area contributed by atoms with Crippen LogP contribution in [0, 0.1) is 0 Å². The molecule has 1 aromatic carbocycles. The number of halogens is 1.